The Labute approximate surface area is 163 Å². The number of rotatable bonds is 7. The van der Waals surface area contributed by atoms with Gasteiger partial charge in [-0.1, -0.05) is 53.7 Å². The summed E-state index contributed by atoms with van der Waals surface area (Å²) in [5.41, 5.74) is 6.87. The predicted molar refractivity (Wildman–Crippen MR) is 107 cm³/mol. The van der Waals surface area contributed by atoms with Gasteiger partial charge >= 0.3 is 0 Å². The fourth-order valence-corrected chi connectivity index (χ4v) is 2.40. The third-order valence-corrected chi connectivity index (χ3v) is 4.03. The molecule has 0 aliphatic rings. The highest BCUT2D eigenvalue weighted by Crippen LogP contribution is 2.35. The standard InChI is InChI=1S/C21H34N2O4/c1-8-26-12-11-18(24)22-23-19(25)14-27-17-10-9-15(20(2,3)4)13-16(17)21(5,6)7/h9-10,13H,8,11-12,14H2,1-7H3,(H,22,24)(H,23,25). The molecular formula is C21H34N2O4. The van der Waals surface area contributed by atoms with Crippen molar-refractivity contribution >= 4 is 11.8 Å². The fourth-order valence-electron chi connectivity index (χ4n) is 2.40. The number of carbonyl (C=O) groups excluding carboxylic acids is 2. The van der Waals surface area contributed by atoms with Gasteiger partial charge in [0.1, 0.15) is 5.75 Å². The summed E-state index contributed by atoms with van der Waals surface area (Å²) in [7, 11) is 0. The highest BCUT2D eigenvalue weighted by Gasteiger charge is 2.23. The van der Waals surface area contributed by atoms with E-state index >= 15 is 0 Å². The molecule has 152 valence electrons. The molecule has 0 aromatic heterocycles. The van der Waals surface area contributed by atoms with Gasteiger partial charge in [-0.3, -0.25) is 20.4 Å². The van der Waals surface area contributed by atoms with Gasteiger partial charge in [0.15, 0.2) is 6.61 Å². The molecular weight excluding hydrogens is 344 g/mol. The average molecular weight is 379 g/mol. The summed E-state index contributed by atoms with van der Waals surface area (Å²) in [4.78, 5) is 23.5. The Morgan fingerprint density at radius 2 is 1.59 bits per heavy atom. The SMILES string of the molecule is CCOCCC(=O)NNC(=O)COc1ccc(C(C)(C)C)cc1C(C)(C)C. The molecule has 6 heteroatoms. The lowest BCUT2D eigenvalue weighted by Crippen LogP contribution is -2.44. The number of nitrogens with one attached hydrogen (secondary N) is 2. The Hall–Kier alpha value is -2.08. The molecule has 0 fully saturated rings. The van der Waals surface area contributed by atoms with Crippen LogP contribution in [0.3, 0.4) is 0 Å². The Morgan fingerprint density at radius 1 is 0.963 bits per heavy atom. The van der Waals surface area contributed by atoms with Gasteiger partial charge in [-0.15, -0.1) is 0 Å². The molecule has 0 saturated heterocycles. The third kappa shape index (κ3) is 7.99. The molecule has 2 N–H and O–H groups in total. The van der Waals surface area contributed by atoms with Gasteiger partial charge in [-0.05, 0) is 34.9 Å². The molecule has 2 amide bonds. The molecule has 0 aliphatic carbocycles. The summed E-state index contributed by atoms with van der Waals surface area (Å²) in [5.74, 6) is -0.0467. The zero-order valence-electron chi connectivity index (χ0n) is 17.7. The van der Waals surface area contributed by atoms with E-state index in [0.29, 0.717) is 19.0 Å². The van der Waals surface area contributed by atoms with Crippen LogP contribution in [0, 0.1) is 0 Å². The van der Waals surface area contributed by atoms with E-state index in [0.717, 1.165) is 5.56 Å². The van der Waals surface area contributed by atoms with Crippen LogP contribution in [0.1, 0.15) is 66.0 Å². The summed E-state index contributed by atoms with van der Waals surface area (Å²) < 4.78 is 10.8. The lowest BCUT2D eigenvalue weighted by Gasteiger charge is -2.27. The minimum Gasteiger partial charge on any atom is -0.483 e. The first-order chi connectivity index (χ1) is 12.4. The molecule has 0 bridgehead atoms. The zero-order chi connectivity index (χ0) is 20.7. The van der Waals surface area contributed by atoms with Crippen LogP contribution in [0.2, 0.25) is 0 Å². The van der Waals surface area contributed by atoms with Crippen LogP contribution in [0.25, 0.3) is 0 Å². The van der Waals surface area contributed by atoms with Crippen molar-refractivity contribution in [3.63, 3.8) is 0 Å². The summed E-state index contributed by atoms with van der Waals surface area (Å²) in [6, 6.07) is 6.08. The second kappa shape index (κ2) is 9.74. The second-order valence-electron chi connectivity index (χ2n) is 8.54. The summed E-state index contributed by atoms with van der Waals surface area (Å²) >= 11 is 0. The lowest BCUT2D eigenvalue weighted by atomic mass is 9.80. The first-order valence-corrected chi connectivity index (χ1v) is 9.38. The van der Waals surface area contributed by atoms with E-state index in [1.807, 2.05) is 19.1 Å². The maximum Gasteiger partial charge on any atom is 0.276 e. The smallest absolute Gasteiger partial charge is 0.276 e. The highest BCUT2D eigenvalue weighted by molar-refractivity contribution is 5.82. The van der Waals surface area contributed by atoms with Gasteiger partial charge < -0.3 is 9.47 Å². The molecule has 6 nitrogen and oxygen atoms in total. The molecule has 27 heavy (non-hydrogen) atoms. The molecule has 1 aromatic carbocycles. The average Bonchev–Trinajstić information content (AvgIpc) is 2.56. The van der Waals surface area contributed by atoms with Crippen LogP contribution in [0.5, 0.6) is 5.75 Å². The highest BCUT2D eigenvalue weighted by atomic mass is 16.5. The zero-order valence-corrected chi connectivity index (χ0v) is 17.7. The van der Waals surface area contributed by atoms with Gasteiger partial charge in [0, 0.05) is 6.61 Å². The van der Waals surface area contributed by atoms with Crippen molar-refractivity contribution in [2.45, 2.75) is 65.7 Å². The van der Waals surface area contributed by atoms with Crippen molar-refractivity contribution in [2.24, 2.45) is 0 Å². The van der Waals surface area contributed by atoms with E-state index in [4.69, 9.17) is 9.47 Å². The van der Waals surface area contributed by atoms with Gasteiger partial charge in [0.25, 0.3) is 5.91 Å². The van der Waals surface area contributed by atoms with Gasteiger partial charge in [0.05, 0.1) is 13.0 Å². The van der Waals surface area contributed by atoms with Crippen LogP contribution in [0.15, 0.2) is 18.2 Å². The predicted octanol–water partition coefficient (Wildman–Crippen LogP) is 3.23. The summed E-state index contributed by atoms with van der Waals surface area (Å²) in [6.07, 6.45) is 0.192. The number of hydrazine groups is 1. The van der Waals surface area contributed by atoms with E-state index in [9.17, 15) is 9.59 Å². The van der Waals surface area contributed by atoms with Crippen molar-refractivity contribution in [3.8, 4) is 5.75 Å². The molecule has 0 aliphatic heterocycles. The van der Waals surface area contributed by atoms with Gasteiger partial charge in [-0.2, -0.15) is 0 Å². The van der Waals surface area contributed by atoms with E-state index in [-0.39, 0.29) is 29.8 Å². The minimum atomic E-state index is -0.417. The molecule has 0 radical (unpaired) electrons. The van der Waals surface area contributed by atoms with E-state index < -0.39 is 5.91 Å². The van der Waals surface area contributed by atoms with Crippen LogP contribution in [-0.4, -0.2) is 31.6 Å². The second-order valence-corrected chi connectivity index (χ2v) is 8.54. The number of hydrogen-bond acceptors (Lipinski definition) is 4. The summed E-state index contributed by atoms with van der Waals surface area (Å²) in [6.45, 7) is 15.4. The molecule has 0 unspecified atom stereocenters. The minimum absolute atomic E-state index is 0.0294. The molecule has 0 saturated carbocycles. The normalized spacial score (nSPS) is 11.8. The fraction of sp³-hybridized carbons (Fsp3) is 0.619. The van der Waals surface area contributed by atoms with Gasteiger partial charge in [-0.25, -0.2) is 0 Å². The Balaban J connectivity index is 2.68. The molecule has 0 spiro atoms. The lowest BCUT2D eigenvalue weighted by molar-refractivity contribution is -0.130. The quantitative estimate of drug-likeness (QED) is 0.564. The number of ether oxygens (including phenoxy) is 2. The number of benzene rings is 1. The Kier molecular flexibility index (Phi) is 8.28. The maximum atomic E-state index is 12.0. The van der Waals surface area contributed by atoms with Crippen molar-refractivity contribution in [2.75, 3.05) is 19.8 Å². The first kappa shape index (κ1) is 23.0. The van der Waals surface area contributed by atoms with Crippen LogP contribution in [-0.2, 0) is 25.2 Å². The number of hydrogen-bond donors (Lipinski definition) is 2. The molecule has 1 rings (SSSR count). The van der Waals surface area contributed by atoms with Crippen LogP contribution < -0.4 is 15.6 Å². The molecule has 1 aromatic rings. The van der Waals surface area contributed by atoms with Crippen molar-refractivity contribution in [1.82, 2.24) is 10.9 Å². The van der Waals surface area contributed by atoms with E-state index in [2.05, 4.69) is 58.5 Å². The van der Waals surface area contributed by atoms with Crippen molar-refractivity contribution < 1.29 is 19.1 Å². The molecule has 0 atom stereocenters. The first-order valence-electron chi connectivity index (χ1n) is 9.38. The molecule has 0 heterocycles. The topological polar surface area (TPSA) is 76.7 Å². The summed E-state index contributed by atoms with van der Waals surface area (Å²) in [5, 5.41) is 0. The largest absolute Gasteiger partial charge is 0.483 e. The number of carbonyl (C=O) groups is 2. The van der Waals surface area contributed by atoms with Crippen LogP contribution in [0.4, 0.5) is 0 Å². The van der Waals surface area contributed by atoms with Crippen LogP contribution >= 0.6 is 0 Å². The maximum absolute atomic E-state index is 12.0. The Bertz CT molecular complexity index is 643. The monoisotopic (exact) mass is 378 g/mol. The Morgan fingerprint density at radius 3 is 2.15 bits per heavy atom. The number of amides is 2. The van der Waals surface area contributed by atoms with Crippen molar-refractivity contribution in [3.05, 3.63) is 29.3 Å². The van der Waals surface area contributed by atoms with E-state index in [1.54, 1.807) is 0 Å². The van der Waals surface area contributed by atoms with Crippen molar-refractivity contribution in [1.29, 1.82) is 0 Å². The van der Waals surface area contributed by atoms with Gasteiger partial charge in [0.2, 0.25) is 5.91 Å². The third-order valence-electron chi connectivity index (χ3n) is 4.03. The van der Waals surface area contributed by atoms with E-state index in [1.165, 1.54) is 5.56 Å².